The number of aromatic hydroxyl groups is 1. The van der Waals surface area contributed by atoms with Gasteiger partial charge in [0.1, 0.15) is 11.8 Å². The summed E-state index contributed by atoms with van der Waals surface area (Å²) < 4.78 is 1.26. The molecule has 1 aromatic rings. The van der Waals surface area contributed by atoms with Gasteiger partial charge in [0, 0.05) is 6.42 Å². The number of aliphatic imine (C=N–C) groups is 1. The molecule has 1 aliphatic heterocycles. The molecular formula is C17H24N5O3+. The van der Waals surface area contributed by atoms with Gasteiger partial charge in [-0.2, -0.15) is 4.58 Å². The van der Waals surface area contributed by atoms with Crippen molar-refractivity contribution in [2.45, 2.75) is 31.7 Å². The van der Waals surface area contributed by atoms with E-state index >= 15 is 0 Å². The highest BCUT2D eigenvalue weighted by molar-refractivity contribution is 6.41. The largest absolute Gasteiger partial charge is 0.508 e. The number of hydrogen-bond donors (Lipinski definition) is 4. The third-order valence-electron chi connectivity index (χ3n) is 3.94. The summed E-state index contributed by atoms with van der Waals surface area (Å²) >= 11 is 0. The van der Waals surface area contributed by atoms with Gasteiger partial charge in [-0.15, -0.1) is 0 Å². The number of amides is 2. The molecule has 0 bridgehead atoms. The molecule has 0 spiro atoms. The molecule has 1 aliphatic rings. The van der Waals surface area contributed by atoms with Gasteiger partial charge >= 0.3 is 11.7 Å². The number of hydrogen-bond acceptors (Lipinski definition) is 6. The van der Waals surface area contributed by atoms with Crippen molar-refractivity contribution in [3.63, 3.8) is 0 Å². The normalized spacial score (nSPS) is 15.4. The molecule has 0 aliphatic carbocycles. The Hall–Kier alpha value is -2.58. The van der Waals surface area contributed by atoms with Crippen molar-refractivity contribution < 1.29 is 19.3 Å². The average molecular weight is 346 g/mol. The average Bonchev–Trinajstić information content (AvgIpc) is 2.86. The quantitative estimate of drug-likeness (QED) is 0.344. The fourth-order valence-electron chi connectivity index (χ4n) is 2.66. The molecule has 1 heterocycles. The maximum atomic E-state index is 12.6. The van der Waals surface area contributed by atoms with Crippen molar-refractivity contribution >= 4 is 23.4 Å². The molecule has 8 nitrogen and oxygen atoms in total. The van der Waals surface area contributed by atoms with Crippen molar-refractivity contribution in [1.82, 2.24) is 0 Å². The summed E-state index contributed by atoms with van der Waals surface area (Å²) in [6.45, 7) is 0.322. The monoisotopic (exact) mass is 346 g/mol. The van der Waals surface area contributed by atoms with E-state index in [1.807, 2.05) is 0 Å². The predicted molar refractivity (Wildman–Crippen MR) is 94.5 cm³/mol. The highest BCUT2D eigenvalue weighted by atomic mass is 16.3. The Kier molecular flexibility index (Phi) is 6.37. The first kappa shape index (κ1) is 18.8. The summed E-state index contributed by atoms with van der Waals surface area (Å²) in [6.07, 6.45) is 2.54. The van der Waals surface area contributed by atoms with Crippen molar-refractivity contribution in [1.29, 1.82) is 0 Å². The molecule has 2 rings (SSSR count). The second-order valence-corrected chi connectivity index (χ2v) is 6.01. The molecule has 25 heavy (non-hydrogen) atoms. The zero-order valence-corrected chi connectivity index (χ0v) is 14.0. The number of rotatable bonds is 9. The summed E-state index contributed by atoms with van der Waals surface area (Å²) in [5.74, 6) is -0.472. The second kappa shape index (κ2) is 8.50. The molecule has 0 fully saturated rings. The third kappa shape index (κ3) is 4.94. The fourth-order valence-corrected chi connectivity index (χ4v) is 2.66. The van der Waals surface area contributed by atoms with Crippen molar-refractivity contribution in [3.8, 4) is 5.75 Å². The number of phenols is 1. The summed E-state index contributed by atoms with van der Waals surface area (Å²) in [7, 11) is 0. The van der Waals surface area contributed by atoms with E-state index in [1.165, 1.54) is 4.58 Å². The Labute approximate surface area is 146 Å². The Balaban J connectivity index is 2.20. The summed E-state index contributed by atoms with van der Waals surface area (Å²) in [6, 6.07) is 6.04. The van der Waals surface area contributed by atoms with E-state index in [2.05, 4.69) is 4.99 Å². The van der Waals surface area contributed by atoms with E-state index in [0.29, 0.717) is 24.5 Å². The Morgan fingerprint density at radius 2 is 1.92 bits per heavy atom. The predicted octanol–water partition coefficient (Wildman–Crippen LogP) is -0.731. The van der Waals surface area contributed by atoms with E-state index in [-0.39, 0.29) is 24.6 Å². The maximum Gasteiger partial charge on any atom is 0.381 e. The van der Waals surface area contributed by atoms with Crippen molar-refractivity contribution in [3.05, 3.63) is 29.8 Å². The molecule has 1 atom stereocenters. The van der Waals surface area contributed by atoms with Crippen LogP contribution in [0.4, 0.5) is 0 Å². The van der Waals surface area contributed by atoms with Crippen LogP contribution in [0, 0.1) is 0 Å². The number of nitrogens with zero attached hydrogens (tertiary/aromatic N) is 2. The lowest BCUT2D eigenvalue weighted by atomic mass is 10.1. The van der Waals surface area contributed by atoms with Crippen molar-refractivity contribution in [2.75, 3.05) is 13.1 Å². The zero-order chi connectivity index (χ0) is 18.4. The van der Waals surface area contributed by atoms with Crippen LogP contribution >= 0.6 is 0 Å². The minimum Gasteiger partial charge on any atom is -0.508 e. The van der Waals surface area contributed by atoms with Crippen LogP contribution in [-0.2, 0) is 16.0 Å². The van der Waals surface area contributed by atoms with E-state index in [1.54, 1.807) is 24.3 Å². The number of benzene rings is 1. The lowest BCUT2D eigenvalue weighted by Crippen LogP contribution is -2.40. The number of phenolic OH excluding ortho intramolecular Hbond substituents is 1. The highest BCUT2D eigenvalue weighted by Crippen LogP contribution is 2.14. The van der Waals surface area contributed by atoms with Crippen molar-refractivity contribution in [2.24, 2.45) is 22.2 Å². The SMILES string of the molecule is NCCCC[C@H](N)C1=[N+](CC(N)=O)C(=O)C(Cc2ccc(O)cc2)=N1. The van der Waals surface area contributed by atoms with Crippen LogP contribution in [0.5, 0.6) is 5.75 Å². The van der Waals surface area contributed by atoms with Gasteiger partial charge in [-0.05, 0) is 42.1 Å². The van der Waals surface area contributed by atoms with Gasteiger partial charge in [0.25, 0.3) is 5.91 Å². The van der Waals surface area contributed by atoms with E-state index < -0.39 is 11.9 Å². The fraction of sp³-hybridized carbons (Fsp3) is 0.412. The molecule has 0 saturated carbocycles. The van der Waals surface area contributed by atoms with Gasteiger partial charge in [-0.25, -0.2) is 4.79 Å². The molecule has 134 valence electrons. The van der Waals surface area contributed by atoms with Crippen LogP contribution < -0.4 is 17.2 Å². The standard InChI is InChI=1S/C17H23N5O3/c18-8-2-1-3-13(19)16-21-14(17(25)22(16)10-15(20)24)9-11-4-6-12(23)7-5-11/h4-7,13H,1-3,8-10,18-19H2,(H2-,20,23,24)/p+1/t13-/m0/s1. The van der Waals surface area contributed by atoms with Gasteiger partial charge in [0.2, 0.25) is 5.71 Å². The summed E-state index contributed by atoms with van der Waals surface area (Å²) in [5.41, 5.74) is 18.0. The molecule has 0 radical (unpaired) electrons. The first-order chi connectivity index (χ1) is 11.9. The van der Waals surface area contributed by atoms with Gasteiger partial charge in [-0.3, -0.25) is 4.79 Å². The molecule has 1 aromatic carbocycles. The summed E-state index contributed by atoms with van der Waals surface area (Å²) in [5, 5.41) is 9.34. The molecule has 0 unspecified atom stereocenters. The number of nitrogens with two attached hydrogens (primary N) is 3. The number of primary amides is 1. The van der Waals surface area contributed by atoms with E-state index in [9.17, 15) is 14.7 Å². The smallest absolute Gasteiger partial charge is 0.381 e. The first-order valence-corrected chi connectivity index (χ1v) is 8.20. The van der Waals surface area contributed by atoms with Gasteiger partial charge < -0.3 is 22.3 Å². The Morgan fingerprint density at radius 3 is 2.52 bits per heavy atom. The second-order valence-electron chi connectivity index (χ2n) is 6.01. The topological polar surface area (TPSA) is 148 Å². The number of amidine groups is 1. The number of unbranched alkanes of at least 4 members (excludes halogenated alkanes) is 1. The van der Waals surface area contributed by atoms with Crippen LogP contribution in [-0.4, -0.2) is 52.2 Å². The number of carbonyl (C=O) groups excluding carboxylic acids is 2. The zero-order valence-electron chi connectivity index (χ0n) is 14.0. The molecule has 0 aromatic heterocycles. The van der Waals surface area contributed by atoms with Crippen LogP contribution in [0.1, 0.15) is 24.8 Å². The van der Waals surface area contributed by atoms with Crippen LogP contribution in [0.3, 0.4) is 0 Å². The van der Waals surface area contributed by atoms with Crippen LogP contribution in [0.2, 0.25) is 0 Å². The minimum atomic E-state index is -0.624. The molecular weight excluding hydrogens is 322 g/mol. The maximum absolute atomic E-state index is 12.6. The van der Waals surface area contributed by atoms with Crippen LogP contribution in [0.25, 0.3) is 0 Å². The Bertz CT molecular complexity index is 709. The van der Waals surface area contributed by atoms with Gasteiger partial charge in [0.05, 0.1) is 0 Å². The minimum absolute atomic E-state index is 0.146. The highest BCUT2D eigenvalue weighted by Gasteiger charge is 2.39. The molecule has 8 heteroatoms. The van der Waals surface area contributed by atoms with E-state index in [0.717, 1.165) is 18.4 Å². The molecule has 2 amide bonds. The first-order valence-electron chi connectivity index (χ1n) is 8.20. The molecule has 0 saturated heterocycles. The lowest BCUT2D eigenvalue weighted by molar-refractivity contribution is -0.430. The van der Waals surface area contributed by atoms with E-state index in [4.69, 9.17) is 17.2 Å². The Morgan fingerprint density at radius 1 is 1.24 bits per heavy atom. The van der Waals surface area contributed by atoms with Gasteiger partial charge in [-0.1, -0.05) is 18.6 Å². The molecule has 7 N–H and O–H groups in total. The van der Waals surface area contributed by atoms with Crippen LogP contribution in [0.15, 0.2) is 29.3 Å². The third-order valence-corrected chi connectivity index (χ3v) is 3.94. The van der Waals surface area contributed by atoms with Gasteiger partial charge in [0.15, 0.2) is 6.54 Å². The number of carbonyl (C=O) groups is 2. The lowest BCUT2D eigenvalue weighted by Gasteiger charge is -2.06. The summed E-state index contributed by atoms with van der Waals surface area (Å²) in [4.78, 5) is 28.3.